The summed E-state index contributed by atoms with van der Waals surface area (Å²) in [6.07, 6.45) is 1.89. The number of imidazole rings is 1. The van der Waals surface area contributed by atoms with E-state index in [0.29, 0.717) is 17.0 Å². The molecule has 9 nitrogen and oxygen atoms in total. The molecule has 0 spiro atoms. The molecule has 2 N–H and O–H groups in total. The van der Waals surface area contributed by atoms with Crippen LogP contribution in [0, 0.1) is 11.1 Å². The van der Waals surface area contributed by atoms with E-state index in [9.17, 15) is 24.7 Å². The number of imide groups is 1. The molecule has 1 aromatic heterocycles. The van der Waals surface area contributed by atoms with Crippen molar-refractivity contribution in [3.05, 3.63) is 33.9 Å². The maximum Gasteiger partial charge on any atom is 0.342 e. The fraction of sp³-hybridized carbons (Fsp3) is 0.526. The highest BCUT2D eigenvalue weighted by atomic mass is 16.5. The van der Waals surface area contributed by atoms with Gasteiger partial charge in [0, 0.05) is 26.7 Å². The van der Waals surface area contributed by atoms with Crippen LogP contribution in [0.5, 0.6) is 0 Å². The van der Waals surface area contributed by atoms with Gasteiger partial charge >= 0.3 is 17.5 Å². The highest BCUT2D eigenvalue weighted by Gasteiger charge is 2.38. The highest BCUT2D eigenvalue weighted by molar-refractivity contribution is 5.92. The number of hydrogen-bond donors (Lipinski definition) is 2. The zero-order chi connectivity index (χ0) is 20.0. The van der Waals surface area contributed by atoms with Gasteiger partial charge in [-0.05, 0) is 37.3 Å². The molecule has 0 aliphatic carbocycles. The second kappa shape index (κ2) is 7.16. The van der Waals surface area contributed by atoms with Crippen LogP contribution < -0.4 is 15.7 Å². The Balaban J connectivity index is 1.79. The zero-order valence-corrected chi connectivity index (χ0v) is 15.8. The summed E-state index contributed by atoms with van der Waals surface area (Å²) in [4.78, 5) is 39.2. The number of fused-ring (bicyclic) bond motifs is 1. The van der Waals surface area contributed by atoms with Crippen LogP contribution >= 0.6 is 0 Å². The first-order valence-electron chi connectivity index (χ1n) is 9.61. The summed E-state index contributed by atoms with van der Waals surface area (Å²) in [6, 6.07) is 4.63. The van der Waals surface area contributed by atoms with Crippen LogP contribution in [0.15, 0.2) is 23.0 Å². The van der Waals surface area contributed by atoms with Gasteiger partial charge in [0.25, 0.3) is 0 Å². The number of para-hydroxylation sites is 1. The molecule has 150 valence electrons. The number of aryl methyl sites for hydroxylation is 1. The summed E-state index contributed by atoms with van der Waals surface area (Å²) in [6.45, 7) is 1.74. The van der Waals surface area contributed by atoms with E-state index in [1.165, 1.54) is 9.13 Å². The molecule has 0 bridgehead atoms. The predicted molar refractivity (Wildman–Crippen MR) is 102 cm³/mol. The molecule has 2 aromatic rings. The summed E-state index contributed by atoms with van der Waals surface area (Å²) in [5.74, 6) is -1.19. The van der Waals surface area contributed by atoms with Crippen LogP contribution in [0.25, 0.3) is 11.0 Å². The maximum absolute atomic E-state index is 13.0. The van der Waals surface area contributed by atoms with Crippen molar-refractivity contribution >= 4 is 28.5 Å². The minimum atomic E-state index is -1.01. The van der Waals surface area contributed by atoms with Crippen LogP contribution in [0.3, 0.4) is 0 Å². The molecule has 3 heterocycles. The third-order valence-electron chi connectivity index (χ3n) is 6.03. The fourth-order valence-corrected chi connectivity index (χ4v) is 4.38. The van der Waals surface area contributed by atoms with Crippen molar-refractivity contribution in [2.24, 2.45) is 13.0 Å². The number of nitrogens with one attached hydrogen (secondary N) is 1. The molecule has 4 rings (SSSR count). The third-order valence-corrected chi connectivity index (χ3v) is 6.03. The molecule has 2 amide bonds. The number of rotatable bonds is 3. The quantitative estimate of drug-likeness (QED) is 0.532. The number of piperidine rings is 2. The first-order valence-corrected chi connectivity index (χ1v) is 9.61. The highest BCUT2D eigenvalue weighted by Crippen LogP contribution is 2.31. The molecule has 2 unspecified atom stereocenters. The van der Waals surface area contributed by atoms with Crippen LogP contribution in [-0.4, -0.2) is 45.8 Å². The maximum atomic E-state index is 13.0. The number of aromatic nitrogens is 2. The molecule has 2 aliphatic rings. The van der Waals surface area contributed by atoms with E-state index in [0.717, 1.165) is 31.6 Å². The number of hydrogen-bond acceptors (Lipinski definition) is 6. The van der Waals surface area contributed by atoms with Crippen molar-refractivity contribution in [3.8, 4) is 0 Å². The van der Waals surface area contributed by atoms with Gasteiger partial charge in [0.2, 0.25) is 0 Å². The molecule has 2 atom stereocenters. The van der Waals surface area contributed by atoms with Crippen LogP contribution in [0.2, 0.25) is 0 Å². The summed E-state index contributed by atoms with van der Waals surface area (Å²) in [7, 11) is 1.66. The van der Waals surface area contributed by atoms with Crippen molar-refractivity contribution in [3.63, 3.8) is 0 Å². The molecule has 9 heteroatoms. The smallest absolute Gasteiger partial charge is 0.342 e. The fourth-order valence-electron chi connectivity index (χ4n) is 4.38. The lowest BCUT2D eigenvalue weighted by Crippen LogP contribution is -3.14. The summed E-state index contributed by atoms with van der Waals surface area (Å²) in [5.41, 5.74) is 1.84. The van der Waals surface area contributed by atoms with Crippen molar-refractivity contribution in [2.45, 2.75) is 31.7 Å². The van der Waals surface area contributed by atoms with Gasteiger partial charge in [-0.25, -0.2) is 19.4 Å². The van der Waals surface area contributed by atoms with Gasteiger partial charge in [0.05, 0.1) is 23.1 Å². The Labute approximate surface area is 161 Å². The number of carbonyl (C=O) groups is 2. The first kappa shape index (κ1) is 18.9. The first-order chi connectivity index (χ1) is 13.4. The number of anilines is 1. The van der Waals surface area contributed by atoms with Gasteiger partial charge in [0.15, 0.2) is 6.04 Å². The minimum absolute atomic E-state index is 0.0214. The second-order valence-corrected chi connectivity index (χ2v) is 7.64. The van der Waals surface area contributed by atoms with Gasteiger partial charge in [-0.1, -0.05) is 6.07 Å². The normalized spacial score (nSPS) is 24.3. The van der Waals surface area contributed by atoms with Crippen LogP contribution in [-0.2, 0) is 16.6 Å². The number of carbonyl (C=O) groups excluding carboxylic acids is 2. The summed E-state index contributed by atoms with van der Waals surface area (Å²) in [5, 5.41) is 20.2. The van der Waals surface area contributed by atoms with Gasteiger partial charge in [-0.2, -0.15) is 0 Å². The second-order valence-electron chi connectivity index (χ2n) is 7.64. The molecular weight excluding hydrogens is 364 g/mol. The molecule has 0 radical (unpaired) electrons. The Morgan fingerprint density at radius 1 is 1.18 bits per heavy atom. The van der Waals surface area contributed by atoms with E-state index in [2.05, 4.69) is 4.90 Å². The Hall–Kier alpha value is -2.49. The number of benzene rings is 1. The third kappa shape index (κ3) is 2.86. The average Bonchev–Trinajstić information content (AvgIpc) is 2.97. The van der Waals surface area contributed by atoms with E-state index in [-0.39, 0.29) is 25.1 Å². The minimum Gasteiger partial charge on any atom is -0.619 e. The molecule has 2 aliphatic heterocycles. The number of aliphatic hydroxyl groups excluding tert-OH is 1. The molecule has 2 fully saturated rings. The molecule has 0 saturated carbocycles. The summed E-state index contributed by atoms with van der Waals surface area (Å²) < 4.78 is 2.88. The summed E-state index contributed by atoms with van der Waals surface area (Å²) >= 11 is 0. The van der Waals surface area contributed by atoms with E-state index in [4.69, 9.17) is 0 Å². The van der Waals surface area contributed by atoms with Gasteiger partial charge in [-0.3, -0.25) is 9.13 Å². The van der Waals surface area contributed by atoms with Crippen molar-refractivity contribution in [2.75, 3.05) is 24.6 Å². The zero-order valence-electron chi connectivity index (χ0n) is 15.8. The van der Waals surface area contributed by atoms with E-state index < -0.39 is 22.9 Å². The largest absolute Gasteiger partial charge is 0.619 e. The predicted octanol–water partition coefficient (Wildman–Crippen LogP) is -0.680. The van der Waals surface area contributed by atoms with Crippen molar-refractivity contribution in [1.82, 2.24) is 9.13 Å². The van der Waals surface area contributed by atoms with Crippen LogP contribution in [0.4, 0.5) is 5.69 Å². The Bertz CT molecular complexity index is 986. The SMILES string of the molecule is Cn1c(=O)n(C2CCC(=O)[NH+]([O-])C2=O)c2cccc(N3CCC(CO)CC3)c21. The van der Waals surface area contributed by atoms with Crippen molar-refractivity contribution < 1.29 is 19.8 Å². The number of nitrogens with zero attached hydrogens (tertiary/aromatic N) is 3. The van der Waals surface area contributed by atoms with Crippen molar-refractivity contribution in [1.29, 1.82) is 0 Å². The van der Waals surface area contributed by atoms with E-state index in [1.54, 1.807) is 13.1 Å². The Morgan fingerprint density at radius 2 is 1.89 bits per heavy atom. The average molecular weight is 388 g/mol. The molecular formula is C19H24N4O5. The number of quaternary nitrogens is 1. The van der Waals surface area contributed by atoms with E-state index >= 15 is 0 Å². The lowest BCUT2D eigenvalue weighted by atomic mass is 9.97. The van der Waals surface area contributed by atoms with Gasteiger partial charge in [-0.15, -0.1) is 0 Å². The molecule has 1 aromatic carbocycles. The molecule has 28 heavy (non-hydrogen) atoms. The standard InChI is InChI=1S/C19H24N4O5/c1-20-17-13(21-9-7-12(11-24)8-10-21)3-2-4-14(17)22(19(20)27)15-5-6-16(25)23(28)18(15)26/h2-4,12,15,23-24H,5-11H2,1H3. The lowest BCUT2D eigenvalue weighted by molar-refractivity contribution is -0.686. The topological polar surface area (TPSA) is 112 Å². The van der Waals surface area contributed by atoms with Gasteiger partial charge < -0.3 is 15.2 Å². The lowest BCUT2D eigenvalue weighted by Gasteiger charge is -2.33. The Kier molecular flexibility index (Phi) is 4.82. The van der Waals surface area contributed by atoms with Gasteiger partial charge in [0.1, 0.15) is 0 Å². The number of hydroxylamine groups is 2. The monoisotopic (exact) mass is 388 g/mol. The molecule has 2 saturated heterocycles. The number of aliphatic hydroxyl groups is 1. The Morgan fingerprint density at radius 3 is 2.57 bits per heavy atom. The van der Waals surface area contributed by atoms with E-state index in [1.807, 2.05) is 12.1 Å². The van der Waals surface area contributed by atoms with Crippen LogP contribution in [0.1, 0.15) is 31.7 Å². The number of amides is 2.